The molecule has 0 heteroatoms. The van der Waals surface area contributed by atoms with Gasteiger partial charge in [-0.3, -0.25) is 0 Å². The van der Waals surface area contributed by atoms with Crippen molar-refractivity contribution >= 4 is 0 Å². The molecule has 0 rings (SSSR count). The van der Waals surface area contributed by atoms with E-state index in [4.69, 9.17) is 0 Å². The third-order valence-corrected chi connectivity index (χ3v) is 2.84. The summed E-state index contributed by atoms with van der Waals surface area (Å²) >= 11 is 0. The summed E-state index contributed by atoms with van der Waals surface area (Å²) in [6.07, 6.45) is 28.5. The molecule has 0 aromatic carbocycles. The van der Waals surface area contributed by atoms with E-state index in [9.17, 15) is 0 Å². The van der Waals surface area contributed by atoms with Gasteiger partial charge in [-0.2, -0.15) is 0 Å². The molecule has 0 N–H and O–H groups in total. The lowest BCUT2D eigenvalue weighted by Gasteiger charge is -1.93. The van der Waals surface area contributed by atoms with E-state index >= 15 is 0 Å². The van der Waals surface area contributed by atoms with E-state index in [0.29, 0.717) is 0 Å². The first-order chi connectivity index (χ1) is 9.41. The highest BCUT2D eigenvalue weighted by Gasteiger charge is 1.83. The van der Waals surface area contributed by atoms with Crippen LogP contribution in [0.1, 0.15) is 64.7 Å². The average Bonchev–Trinajstić information content (AvgIpc) is 2.43. The van der Waals surface area contributed by atoms with Crippen LogP contribution in [0.15, 0.2) is 48.6 Å². The van der Waals surface area contributed by atoms with E-state index < -0.39 is 0 Å². The molecule has 0 bridgehead atoms. The lowest BCUT2D eigenvalue weighted by molar-refractivity contribution is 0.694. The van der Waals surface area contributed by atoms with Crippen molar-refractivity contribution in [1.29, 1.82) is 0 Å². The van der Waals surface area contributed by atoms with Crippen LogP contribution in [0.2, 0.25) is 0 Å². The van der Waals surface area contributed by atoms with Crippen molar-refractivity contribution in [2.45, 2.75) is 64.7 Å². The molecular weight excluding hydrogens is 228 g/mol. The Balaban J connectivity index is 3.33. The van der Waals surface area contributed by atoms with Gasteiger partial charge in [-0.05, 0) is 38.5 Å². The SMILES string of the molecule is [CH2]CCCCC/C=C\C/C=C\C/C=C\C/C=C\CC. The fourth-order valence-corrected chi connectivity index (χ4v) is 1.71. The molecule has 1 radical (unpaired) electrons. The number of hydrogen-bond acceptors (Lipinski definition) is 0. The van der Waals surface area contributed by atoms with E-state index in [1.165, 1.54) is 25.7 Å². The predicted molar refractivity (Wildman–Crippen MR) is 89.1 cm³/mol. The summed E-state index contributed by atoms with van der Waals surface area (Å²) < 4.78 is 0. The van der Waals surface area contributed by atoms with Gasteiger partial charge in [0.1, 0.15) is 0 Å². The fourth-order valence-electron chi connectivity index (χ4n) is 1.71. The maximum Gasteiger partial charge on any atom is -0.0169 e. The Kier molecular flexibility index (Phi) is 16.0. The fraction of sp³-hybridized carbons (Fsp3) is 0.526. The highest BCUT2D eigenvalue weighted by Crippen LogP contribution is 2.03. The van der Waals surface area contributed by atoms with E-state index in [1.807, 2.05) is 0 Å². The van der Waals surface area contributed by atoms with Gasteiger partial charge in [0.15, 0.2) is 0 Å². The second-order valence-electron chi connectivity index (χ2n) is 4.70. The van der Waals surface area contributed by atoms with E-state index in [-0.39, 0.29) is 0 Å². The molecule has 0 amide bonds. The maximum absolute atomic E-state index is 3.85. The second-order valence-corrected chi connectivity index (χ2v) is 4.70. The zero-order chi connectivity index (χ0) is 14.0. The Morgan fingerprint density at radius 2 is 1.16 bits per heavy atom. The molecule has 0 unspecified atom stereocenters. The molecule has 0 aromatic rings. The summed E-state index contributed by atoms with van der Waals surface area (Å²) in [6, 6.07) is 0. The molecule has 0 aromatic heterocycles. The van der Waals surface area contributed by atoms with Gasteiger partial charge < -0.3 is 0 Å². The van der Waals surface area contributed by atoms with Crippen LogP contribution < -0.4 is 0 Å². The quantitative estimate of drug-likeness (QED) is 0.274. The molecule has 107 valence electrons. The Hall–Kier alpha value is -1.04. The smallest absolute Gasteiger partial charge is 0.0169 e. The van der Waals surface area contributed by atoms with Crippen molar-refractivity contribution < 1.29 is 0 Å². The normalized spacial score (nSPS) is 12.7. The van der Waals surface area contributed by atoms with Crippen LogP contribution >= 0.6 is 0 Å². The van der Waals surface area contributed by atoms with Crippen LogP contribution in [0.4, 0.5) is 0 Å². The molecule has 0 aliphatic rings. The zero-order valence-corrected chi connectivity index (χ0v) is 12.7. The van der Waals surface area contributed by atoms with E-state index in [2.05, 4.69) is 62.5 Å². The lowest BCUT2D eigenvalue weighted by atomic mass is 10.1. The Labute approximate surface area is 121 Å². The first-order valence-corrected chi connectivity index (χ1v) is 7.81. The molecule has 0 aliphatic heterocycles. The van der Waals surface area contributed by atoms with Crippen molar-refractivity contribution in [2.75, 3.05) is 0 Å². The molecule has 0 nitrogen and oxygen atoms in total. The van der Waals surface area contributed by atoms with Crippen LogP contribution in [0, 0.1) is 6.92 Å². The molecule has 0 saturated heterocycles. The standard InChI is InChI=1S/C19H31/c1-3-5-7-9-11-13-15-17-19-18-16-14-12-10-8-6-4-2/h6,8,12-15,18-19H,1,3-5,7,9-11,16-17H2,2H3/b8-6-,14-12-,15-13-,19-18-. The molecule has 19 heavy (non-hydrogen) atoms. The third kappa shape index (κ3) is 17.0. The van der Waals surface area contributed by atoms with Gasteiger partial charge in [0, 0.05) is 0 Å². The van der Waals surface area contributed by atoms with Crippen LogP contribution in [0.25, 0.3) is 0 Å². The van der Waals surface area contributed by atoms with Crippen molar-refractivity contribution in [3.05, 3.63) is 55.5 Å². The summed E-state index contributed by atoms with van der Waals surface area (Å²) in [5.74, 6) is 0. The number of unbranched alkanes of at least 4 members (excludes halogenated alkanes) is 4. The van der Waals surface area contributed by atoms with Crippen molar-refractivity contribution in [1.82, 2.24) is 0 Å². The average molecular weight is 259 g/mol. The van der Waals surface area contributed by atoms with Gasteiger partial charge >= 0.3 is 0 Å². The maximum atomic E-state index is 3.85. The van der Waals surface area contributed by atoms with Crippen LogP contribution in [0.3, 0.4) is 0 Å². The minimum atomic E-state index is 1.05. The topological polar surface area (TPSA) is 0 Å². The summed E-state index contributed by atoms with van der Waals surface area (Å²) in [7, 11) is 0. The molecule has 0 saturated carbocycles. The van der Waals surface area contributed by atoms with Gasteiger partial charge in [-0.15, -0.1) is 0 Å². The third-order valence-electron chi connectivity index (χ3n) is 2.84. The highest BCUT2D eigenvalue weighted by atomic mass is 13.9. The van der Waals surface area contributed by atoms with Gasteiger partial charge in [0.05, 0.1) is 0 Å². The zero-order valence-electron chi connectivity index (χ0n) is 12.7. The Morgan fingerprint density at radius 1 is 0.632 bits per heavy atom. The lowest BCUT2D eigenvalue weighted by Crippen LogP contribution is -1.73. The van der Waals surface area contributed by atoms with Gasteiger partial charge in [0.2, 0.25) is 0 Å². The Bertz CT molecular complexity index is 266. The number of rotatable bonds is 12. The summed E-state index contributed by atoms with van der Waals surface area (Å²) in [4.78, 5) is 0. The largest absolute Gasteiger partial charge is 0.0885 e. The van der Waals surface area contributed by atoms with E-state index in [0.717, 1.165) is 32.1 Å². The van der Waals surface area contributed by atoms with Crippen LogP contribution in [-0.4, -0.2) is 0 Å². The predicted octanol–water partition coefficient (Wildman–Crippen LogP) is 6.58. The number of hydrogen-bond donors (Lipinski definition) is 0. The first-order valence-electron chi connectivity index (χ1n) is 7.81. The van der Waals surface area contributed by atoms with Crippen molar-refractivity contribution in [3.8, 4) is 0 Å². The number of allylic oxidation sites excluding steroid dienone is 8. The van der Waals surface area contributed by atoms with Crippen LogP contribution in [0.5, 0.6) is 0 Å². The summed E-state index contributed by atoms with van der Waals surface area (Å²) in [5, 5.41) is 0. The molecule has 0 atom stereocenters. The molecule has 0 spiro atoms. The minimum absolute atomic E-state index is 1.05. The minimum Gasteiger partial charge on any atom is -0.0885 e. The molecule has 0 heterocycles. The monoisotopic (exact) mass is 259 g/mol. The summed E-state index contributed by atoms with van der Waals surface area (Å²) in [5.41, 5.74) is 0. The second kappa shape index (κ2) is 17.0. The molecule has 0 fully saturated rings. The van der Waals surface area contributed by atoms with Crippen LogP contribution in [-0.2, 0) is 0 Å². The summed E-state index contributed by atoms with van der Waals surface area (Å²) in [6.45, 7) is 6.02. The first kappa shape index (κ1) is 18.0. The van der Waals surface area contributed by atoms with Crippen molar-refractivity contribution in [2.24, 2.45) is 0 Å². The van der Waals surface area contributed by atoms with Gasteiger partial charge in [0.25, 0.3) is 0 Å². The van der Waals surface area contributed by atoms with Crippen molar-refractivity contribution in [3.63, 3.8) is 0 Å². The Morgan fingerprint density at radius 3 is 1.68 bits per heavy atom. The van der Waals surface area contributed by atoms with Gasteiger partial charge in [-0.25, -0.2) is 0 Å². The molecule has 0 aliphatic carbocycles. The van der Waals surface area contributed by atoms with Gasteiger partial charge in [-0.1, -0.05) is 81.7 Å². The highest BCUT2D eigenvalue weighted by molar-refractivity contribution is 4.99. The molecular formula is C19H31. The van der Waals surface area contributed by atoms with E-state index in [1.54, 1.807) is 0 Å².